The molecule has 29 heavy (non-hydrogen) atoms. The molecule has 1 N–H and O–H groups in total. The molecule has 1 amide bonds. The molecule has 0 heterocycles. The zero-order valence-electron chi connectivity index (χ0n) is 16.9. The lowest BCUT2D eigenvalue weighted by molar-refractivity contribution is -0.121. The number of carbonyl (C=O) groups excluding carboxylic acids is 1. The Morgan fingerprint density at radius 3 is 2.48 bits per heavy atom. The number of sulfonamides is 1. The first-order valence-corrected chi connectivity index (χ1v) is 11.7. The molecule has 2 aromatic carbocycles. The molecular weight excluding hydrogens is 412 g/mol. The molecule has 2 aromatic rings. The van der Waals surface area contributed by atoms with Crippen LogP contribution in [0.2, 0.25) is 5.02 Å². The van der Waals surface area contributed by atoms with Crippen LogP contribution in [-0.4, -0.2) is 39.8 Å². The van der Waals surface area contributed by atoms with Crippen LogP contribution in [0.1, 0.15) is 25.8 Å². The lowest BCUT2D eigenvalue weighted by atomic mass is 10.1. The minimum atomic E-state index is -3.66. The highest BCUT2D eigenvalue weighted by atomic mass is 35.5. The number of nitrogens with one attached hydrogen (secondary N) is 1. The quantitative estimate of drug-likeness (QED) is 0.574. The molecule has 0 aliphatic heterocycles. The van der Waals surface area contributed by atoms with Crippen LogP contribution in [0.3, 0.4) is 0 Å². The third-order valence-electron chi connectivity index (χ3n) is 4.33. The van der Waals surface area contributed by atoms with Crippen LogP contribution in [0.15, 0.2) is 48.5 Å². The molecule has 8 heteroatoms. The Hall–Kier alpha value is -2.25. The molecule has 0 fully saturated rings. The van der Waals surface area contributed by atoms with E-state index in [1.807, 2.05) is 31.2 Å². The smallest absolute Gasteiger partial charge is 0.243 e. The van der Waals surface area contributed by atoms with E-state index in [9.17, 15) is 13.2 Å². The lowest BCUT2D eigenvalue weighted by Crippen LogP contribution is -2.48. The summed E-state index contributed by atoms with van der Waals surface area (Å²) in [5.74, 6) is 0.474. The van der Waals surface area contributed by atoms with E-state index in [4.69, 9.17) is 16.3 Å². The number of nitrogens with zero attached hydrogens (tertiary/aromatic N) is 1. The number of amides is 1. The van der Waals surface area contributed by atoms with E-state index < -0.39 is 16.1 Å². The summed E-state index contributed by atoms with van der Waals surface area (Å²) in [5.41, 5.74) is 1.50. The topological polar surface area (TPSA) is 75.7 Å². The van der Waals surface area contributed by atoms with E-state index in [-0.39, 0.29) is 5.91 Å². The van der Waals surface area contributed by atoms with Crippen LogP contribution in [0.5, 0.6) is 5.75 Å². The van der Waals surface area contributed by atoms with Crippen molar-refractivity contribution in [2.24, 2.45) is 0 Å². The first-order chi connectivity index (χ1) is 13.7. The molecule has 0 bridgehead atoms. The summed E-state index contributed by atoms with van der Waals surface area (Å²) in [6, 6.07) is 13.4. The third-order valence-corrected chi connectivity index (χ3v) is 5.80. The molecule has 0 aromatic heterocycles. The average Bonchev–Trinajstić information content (AvgIpc) is 2.65. The summed E-state index contributed by atoms with van der Waals surface area (Å²) in [7, 11) is -3.66. The minimum absolute atomic E-state index is 0.358. The van der Waals surface area contributed by atoms with Crippen molar-refractivity contribution >= 4 is 33.2 Å². The summed E-state index contributed by atoms with van der Waals surface area (Å²) in [6.45, 7) is 4.57. The van der Waals surface area contributed by atoms with Gasteiger partial charge in [0.15, 0.2) is 0 Å². The molecule has 0 radical (unpaired) electrons. The fourth-order valence-electron chi connectivity index (χ4n) is 2.99. The molecule has 1 atom stereocenters. The van der Waals surface area contributed by atoms with Crippen molar-refractivity contribution in [2.45, 2.75) is 32.7 Å². The second kappa shape index (κ2) is 10.5. The van der Waals surface area contributed by atoms with Crippen molar-refractivity contribution in [3.63, 3.8) is 0 Å². The van der Waals surface area contributed by atoms with Crippen molar-refractivity contribution in [3.05, 3.63) is 59.1 Å². The van der Waals surface area contributed by atoms with Crippen molar-refractivity contribution in [2.75, 3.05) is 23.7 Å². The monoisotopic (exact) mass is 438 g/mol. The Bertz CT molecular complexity index is 917. The van der Waals surface area contributed by atoms with Crippen LogP contribution >= 0.6 is 11.6 Å². The first-order valence-electron chi connectivity index (χ1n) is 9.46. The summed E-state index contributed by atoms with van der Waals surface area (Å²) in [5, 5.41) is 3.22. The van der Waals surface area contributed by atoms with Gasteiger partial charge in [0.2, 0.25) is 15.9 Å². The van der Waals surface area contributed by atoms with Gasteiger partial charge in [0.05, 0.1) is 18.6 Å². The maximum absolute atomic E-state index is 12.6. The van der Waals surface area contributed by atoms with Gasteiger partial charge >= 0.3 is 0 Å². The molecule has 1 unspecified atom stereocenters. The predicted molar refractivity (Wildman–Crippen MR) is 117 cm³/mol. The lowest BCUT2D eigenvalue weighted by Gasteiger charge is -2.28. The summed E-state index contributed by atoms with van der Waals surface area (Å²) in [4.78, 5) is 12.6. The minimum Gasteiger partial charge on any atom is -0.494 e. The Morgan fingerprint density at radius 1 is 1.21 bits per heavy atom. The van der Waals surface area contributed by atoms with Crippen molar-refractivity contribution in [3.8, 4) is 5.75 Å². The van der Waals surface area contributed by atoms with Gasteiger partial charge in [-0.3, -0.25) is 9.10 Å². The van der Waals surface area contributed by atoms with Crippen LogP contribution in [0.4, 0.5) is 5.69 Å². The van der Waals surface area contributed by atoms with E-state index in [2.05, 4.69) is 5.32 Å². The summed E-state index contributed by atoms with van der Waals surface area (Å²) in [6.07, 6.45) is 2.61. The number of ether oxygens (including phenoxy) is 1. The number of carbonyl (C=O) groups is 1. The largest absolute Gasteiger partial charge is 0.494 e. The third kappa shape index (κ3) is 6.94. The van der Waals surface area contributed by atoms with Gasteiger partial charge < -0.3 is 10.1 Å². The van der Waals surface area contributed by atoms with E-state index in [0.29, 0.717) is 23.9 Å². The normalized spacial score (nSPS) is 12.3. The second-order valence-electron chi connectivity index (χ2n) is 6.69. The van der Waals surface area contributed by atoms with Gasteiger partial charge in [-0.1, -0.05) is 29.8 Å². The second-order valence-corrected chi connectivity index (χ2v) is 8.98. The van der Waals surface area contributed by atoms with Gasteiger partial charge in [0.25, 0.3) is 0 Å². The van der Waals surface area contributed by atoms with Crippen LogP contribution in [0, 0.1) is 0 Å². The molecule has 0 saturated carbocycles. The van der Waals surface area contributed by atoms with Crippen LogP contribution in [-0.2, 0) is 21.2 Å². The Kier molecular flexibility index (Phi) is 8.34. The van der Waals surface area contributed by atoms with Gasteiger partial charge in [0.1, 0.15) is 11.8 Å². The van der Waals surface area contributed by atoms with E-state index in [0.717, 1.165) is 34.7 Å². The van der Waals surface area contributed by atoms with E-state index in [1.54, 1.807) is 25.1 Å². The molecule has 0 aliphatic rings. The fourth-order valence-corrected chi connectivity index (χ4v) is 4.34. The molecular formula is C21H27ClN2O4S. The van der Waals surface area contributed by atoms with Crippen molar-refractivity contribution in [1.29, 1.82) is 0 Å². The maximum atomic E-state index is 12.6. The predicted octanol–water partition coefficient (Wildman–Crippen LogP) is 3.64. The van der Waals surface area contributed by atoms with Gasteiger partial charge in [-0.2, -0.15) is 0 Å². The number of anilines is 1. The fraction of sp³-hybridized carbons (Fsp3) is 0.381. The number of hydrogen-bond acceptors (Lipinski definition) is 4. The highest BCUT2D eigenvalue weighted by Crippen LogP contribution is 2.24. The zero-order valence-corrected chi connectivity index (χ0v) is 18.5. The Morgan fingerprint density at radius 2 is 1.90 bits per heavy atom. The van der Waals surface area contributed by atoms with E-state index in [1.165, 1.54) is 6.07 Å². The number of aryl methyl sites for hydroxylation is 1. The molecule has 2 rings (SSSR count). The average molecular weight is 439 g/mol. The number of benzene rings is 2. The zero-order chi connectivity index (χ0) is 21.4. The van der Waals surface area contributed by atoms with Crippen molar-refractivity contribution in [1.82, 2.24) is 5.32 Å². The van der Waals surface area contributed by atoms with Gasteiger partial charge in [-0.15, -0.1) is 0 Å². The number of hydrogen-bond donors (Lipinski definition) is 1. The SMILES string of the molecule is CCOc1ccc(CCCNC(=O)C(C)N(c2cccc(Cl)c2)S(C)(=O)=O)cc1. The maximum Gasteiger partial charge on any atom is 0.243 e. The van der Waals surface area contributed by atoms with Crippen LogP contribution in [0.25, 0.3) is 0 Å². The first kappa shape index (κ1) is 23.0. The Balaban J connectivity index is 1.92. The summed E-state index contributed by atoms with van der Waals surface area (Å²) < 4.78 is 31.0. The molecule has 0 spiro atoms. The van der Waals surface area contributed by atoms with Crippen LogP contribution < -0.4 is 14.4 Å². The molecule has 6 nitrogen and oxygen atoms in total. The summed E-state index contributed by atoms with van der Waals surface area (Å²) >= 11 is 5.98. The number of rotatable bonds is 10. The van der Waals surface area contributed by atoms with Gasteiger partial charge in [-0.25, -0.2) is 8.42 Å². The Labute approximate surface area is 177 Å². The van der Waals surface area contributed by atoms with E-state index >= 15 is 0 Å². The van der Waals surface area contributed by atoms with Crippen molar-refractivity contribution < 1.29 is 17.9 Å². The molecule has 158 valence electrons. The number of halogens is 1. The van der Waals surface area contributed by atoms with Gasteiger partial charge in [-0.05, 0) is 62.6 Å². The van der Waals surface area contributed by atoms with Gasteiger partial charge in [0, 0.05) is 11.6 Å². The molecule has 0 aliphatic carbocycles. The molecule has 0 saturated heterocycles. The highest BCUT2D eigenvalue weighted by molar-refractivity contribution is 7.92. The highest BCUT2D eigenvalue weighted by Gasteiger charge is 2.28. The standard InChI is InChI=1S/C21H27ClN2O4S/c1-4-28-20-12-10-17(11-13-20)7-6-14-23-21(25)16(2)24(29(3,26)27)19-9-5-8-18(22)15-19/h5,8-13,15-16H,4,6-7,14H2,1-3H3,(H,23,25).